The van der Waals surface area contributed by atoms with Crippen molar-refractivity contribution in [2.24, 2.45) is 0 Å². The van der Waals surface area contributed by atoms with Gasteiger partial charge in [-0.3, -0.25) is 0 Å². The highest BCUT2D eigenvalue weighted by Crippen LogP contribution is 2.24. The van der Waals surface area contributed by atoms with E-state index in [2.05, 4.69) is 58.0 Å². The summed E-state index contributed by atoms with van der Waals surface area (Å²) < 4.78 is 12.8. The Balaban J connectivity index is 2.63. The Bertz CT molecular complexity index is 683. The molecule has 0 N–H and O–H groups in total. The van der Waals surface area contributed by atoms with E-state index < -0.39 is 25.2 Å². The topological polar surface area (TPSA) is 66.0 Å². The molecule has 0 heterocycles. The van der Waals surface area contributed by atoms with E-state index in [9.17, 15) is 0 Å². The first-order chi connectivity index (χ1) is 11.4. The Morgan fingerprint density at radius 3 is 2.00 bits per heavy atom. The molecule has 1 rings (SSSR count). The predicted molar refractivity (Wildman–Crippen MR) is 109 cm³/mol. The van der Waals surface area contributed by atoms with Crippen molar-refractivity contribution >= 4 is 25.2 Å². The van der Waals surface area contributed by atoms with Gasteiger partial charge in [-0.25, -0.2) is 0 Å². The van der Waals surface area contributed by atoms with Crippen LogP contribution in [0.1, 0.15) is 23.1 Å². The van der Waals surface area contributed by atoms with Crippen LogP contribution in [0.25, 0.3) is 0 Å². The molecule has 0 spiro atoms. The zero-order valence-electron chi connectivity index (χ0n) is 16.6. The number of benzene rings is 1. The van der Waals surface area contributed by atoms with Crippen molar-refractivity contribution in [2.45, 2.75) is 64.7 Å². The molecular weight excluding hydrogens is 360 g/mol. The van der Waals surface area contributed by atoms with E-state index >= 15 is 0 Å². The minimum Gasteiger partial charge on any atom is -0.437 e. The number of rotatable bonds is 8. The first-order valence-electron chi connectivity index (χ1n) is 8.71. The number of nitrogens with zero attached hydrogens (tertiary/aromatic N) is 2. The summed E-state index contributed by atoms with van der Waals surface area (Å²) in [5.74, 6) is 0. The van der Waals surface area contributed by atoms with Gasteiger partial charge in [-0.1, -0.05) is 6.07 Å². The fourth-order valence-electron chi connectivity index (χ4n) is 3.13. The van der Waals surface area contributed by atoms with Gasteiger partial charge in [-0.15, -0.1) is 0 Å². The van der Waals surface area contributed by atoms with Crippen molar-refractivity contribution in [1.82, 2.24) is 0 Å². The largest absolute Gasteiger partial charge is 0.437 e. The highest BCUT2D eigenvalue weighted by atomic mass is 28.5. The summed E-state index contributed by atoms with van der Waals surface area (Å²) in [6.07, 6.45) is 1.92. The molecule has 0 fully saturated rings. The molecule has 4 nitrogen and oxygen atoms in total. The third-order valence-electron chi connectivity index (χ3n) is 3.64. The maximum absolute atomic E-state index is 9.13. The minimum atomic E-state index is -2.09. The van der Waals surface area contributed by atoms with Crippen molar-refractivity contribution in [2.75, 3.05) is 0 Å². The first kappa shape index (κ1) is 21.8. The van der Waals surface area contributed by atoms with Gasteiger partial charge >= 0.3 is 8.56 Å². The number of hydrogen-bond acceptors (Lipinski definition) is 4. The van der Waals surface area contributed by atoms with Crippen LogP contribution in [0.3, 0.4) is 0 Å². The Hall–Kier alpha value is -1.23. The fraction of sp³-hybridized carbons (Fsp3) is 0.556. The van der Waals surface area contributed by atoms with E-state index in [0.29, 0.717) is 11.1 Å². The molecule has 0 atom stereocenters. The van der Waals surface area contributed by atoms with Crippen molar-refractivity contribution in [1.29, 1.82) is 10.5 Å². The Morgan fingerprint density at radius 1 is 0.880 bits per heavy atom. The van der Waals surface area contributed by atoms with Crippen molar-refractivity contribution in [3.05, 3.63) is 34.9 Å². The molecule has 0 aliphatic heterocycles. The molecule has 0 unspecified atom stereocenters. The van der Waals surface area contributed by atoms with Gasteiger partial charge in [0.15, 0.2) is 16.6 Å². The molecule has 7 heteroatoms. The highest BCUT2D eigenvalue weighted by Gasteiger charge is 2.37. The summed E-state index contributed by atoms with van der Waals surface area (Å²) in [7, 11) is -5.47. The van der Waals surface area contributed by atoms with Crippen LogP contribution in [0.2, 0.25) is 51.9 Å². The summed E-state index contributed by atoms with van der Waals surface area (Å²) in [4.78, 5) is 0. The molecule has 0 bridgehead atoms. The zero-order chi connectivity index (χ0) is 19.3. The molecular formula is C18H30N2O2Si3. The zero-order valence-corrected chi connectivity index (χ0v) is 19.6. The molecule has 0 saturated heterocycles. The fourth-order valence-corrected chi connectivity index (χ4v) is 16.3. The lowest BCUT2D eigenvalue weighted by molar-refractivity contribution is 0.391. The van der Waals surface area contributed by atoms with Crippen LogP contribution >= 0.6 is 0 Å². The van der Waals surface area contributed by atoms with E-state index in [0.717, 1.165) is 24.4 Å². The molecule has 1 aromatic carbocycles. The second-order valence-corrected chi connectivity index (χ2v) is 21.1. The lowest BCUT2D eigenvalue weighted by atomic mass is 10.0. The van der Waals surface area contributed by atoms with E-state index in [4.69, 9.17) is 18.8 Å². The van der Waals surface area contributed by atoms with Crippen LogP contribution in [-0.4, -0.2) is 25.2 Å². The lowest BCUT2D eigenvalue weighted by Gasteiger charge is -2.37. The summed E-state index contributed by atoms with van der Waals surface area (Å²) in [6.45, 7) is 15.4. The quantitative estimate of drug-likeness (QED) is 0.577. The number of aryl methyl sites for hydroxylation is 1. The SMILES string of the molecule is C[Si](C)(C)O[Si](C)(C)O[Si](C)(C)CCCc1ccc(C#N)c(C#N)c1. The normalized spacial score (nSPS) is 12.5. The van der Waals surface area contributed by atoms with Gasteiger partial charge in [0.25, 0.3) is 0 Å². The molecule has 136 valence electrons. The number of nitriles is 2. The summed E-state index contributed by atoms with van der Waals surface area (Å²) in [5.41, 5.74) is 2.01. The summed E-state index contributed by atoms with van der Waals surface area (Å²) >= 11 is 0. The van der Waals surface area contributed by atoms with E-state index in [-0.39, 0.29) is 0 Å². The summed E-state index contributed by atoms with van der Waals surface area (Å²) in [5, 5.41) is 18.1. The number of hydrogen-bond donors (Lipinski definition) is 0. The highest BCUT2D eigenvalue weighted by molar-refractivity contribution is 6.87. The molecule has 0 amide bonds. The lowest BCUT2D eigenvalue weighted by Crippen LogP contribution is -2.51. The van der Waals surface area contributed by atoms with Gasteiger partial charge in [-0.05, 0) is 82.4 Å². The third kappa shape index (κ3) is 8.13. The summed E-state index contributed by atoms with van der Waals surface area (Å²) in [6, 6.07) is 10.7. The Kier molecular flexibility index (Phi) is 7.36. The Morgan fingerprint density at radius 2 is 1.48 bits per heavy atom. The second-order valence-electron chi connectivity index (χ2n) is 8.43. The smallest absolute Gasteiger partial charge is 0.311 e. The standard InChI is InChI=1S/C18H30N2O2Si3/c1-23(2,3)21-25(6,7)22-24(4,5)12-8-9-16-10-11-17(14-19)18(13-16)15-20/h10-11,13H,8-9,12H2,1-7H3. The van der Waals surface area contributed by atoms with Crippen molar-refractivity contribution < 1.29 is 8.23 Å². The van der Waals surface area contributed by atoms with Gasteiger partial charge in [0, 0.05) is 0 Å². The predicted octanol–water partition coefficient (Wildman–Crippen LogP) is 5.14. The van der Waals surface area contributed by atoms with Gasteiger partial charge in [0.05, 0.1) is 11.1 Å². The van der Waals surface area contributed by atoms with Crippen LogP contribution in [0.15, 0.2) is 18.2 Å². The average molecular weight is 391 g/mol. The third-order valence-corrected chi connectivity index (χ3v) is 13.8. The molecule has 25 heavy (non-hydrogen) atoms. The van der Waals surface area contributed by atoms with Crippen molar-refractivity contribution in [3.8, 4) is 12.1 Å². The molecule has 0 aliphatic carbocycles. The first-order valence-corrected chi connectivity index (χ1v) is 18.0. The van der Waals surface area contributed by atoms with Crippen molar-refractivity contribution in [3.63, 3.8) is 0 Å². The van der Waals surface area contributed by atoms with Gasteiger partial charge < -0.3 is 8.23 Å². The van der Waals surface area contributed by atoms with E-state index in [1.807, 2.05) is 12.1 Å². The van der Waals surface area contributed by atoms with E-state index in [1.54, 1.807) is 6.07 Å². The molecule has 0 aliphatic rings. The van der Waals surface area contributed by atoms with Crippen LogP contribution in [0, 0.1) is 22.7 Å². The molecule has 0 aromatic heterocycles. The van der Waals surface area contributed by atoms with Gasteiger partial charge in [0.2, 0.25) is 0 Å². The molecule has 0 saturated carbocycles. The Labute approximate surface area is 155 Å². The monoisotopic (exact) mass is 390 g/mol. The minimum absolute atomic E-state index is 0.445. The average Bonchev–Trinajstić information content (AvgIpc) is 2.42. The van der Waals surface area contributed by atoms with Gasteiger partial charge in [0.1, 0.15) is 12.1 Å². The molecule has 0 radical (unpaired) electrons. The van der Waals surface area contributed by atoms with Gasteiger partial charge in [-0.2, -0.15) is 10.5 Å². The molecule has 1 aromatic rings. The maximum Gasteiger partial charge on any atom is 0.311 e. The van der Waals surface area contributed by atoms with Crippen LogP contribution in [0.5, 0.6) is 0 Å². The van der Waals surface area contributed by atoms with Crippen LogP contribution in [-0.2, 0) is 14.7 Å². The second kappa shape index (κ2) is 8.43. The van der Waals surface area contributed by atoms with Crippen LogP contribution < -0.4 is 0 Å². The van der Waals surface area contributed by atoms with E-state index in [1.165, 1.54) is 0 Å². The van der Waals surface area contributed by atoms with Crippen LogP contribution in [0.4, 0.5) is 0 Å². The maximum atomic E-state index is 9.13.